The van der Waals surface area contributed by atoms with E-state index in [-0.39, 0.29) is 12.0 Å². The summed E-state index contributed by atoms with van der Waals surface area (Å²) in [6, 6.07) is 6.08. The normalized spacial score (nSPS) is 17.5. The summed E-state index contributed by atoms with van der Waals surface area (Å²) < 4.78 is 5.36. The number of thioether (sulfide) groups is 1. The summed E-state index contributed by atoms with van der Waals surface area (Å²) in [7, 11) is 0. The van der Waals surface area contributed by atoms with E-state index >= 15 is 0 Å². The molecule has 1 unspecified atom stereocenters. The molecule has 0 saturated heterocycles. The van der Waals surface area contributed by atoms with Gasteiger partial charge in [0.15, 0.2) is 0 Å². The van der Waals surface area contributed by atoms with Gasteiger partial charge in [0.2, 0.25) is 0 Å². The smallest absolute Gasteiger partial charge is 0.327 e. The Morgan fingerprint density at radius 1 is 1.52 bits per heavy atom. The fourth-order valence-corrected chi connectivity index (χ4v) is 3.66. The van der Waals surface area contributed by atoms with Crippen molar-refractivity contribution in [1.82, 2.24) is 10.3 Å². The van der Waals surface area contributed by atoms with E-state index in [0.717, 1.165) is 17.9 Å². The molecule has 21 heavy (non-hydrogen) atoms. The lowest BCUT2D eigenvalue weighted by atomic mass is 9.94. The van der Waals surface area contributed by atoms with Crippen molar-refractivity contribution in [3.05, 3.63) is 24.4 Å². The van der Waals surface area contributed by atoms with Crippen LogP contribution in [-0.4, -0.2) is 34.9 Å². The SMILES string of the molecule is CCOC(=O)C(CSc1ccccn1)(NC(C)C)C1CC1. The zero-order valence-electron chi connectivity index (χ0n) is 13.0. The highest BCUT2D eigenvalue weighted by molar-refractivity contribution is 7.99. The Kier molecular flexibility index (Phi) is 5.65. The van der Waals surface area contributed by atoms with Crippen molar-refractivity contribution in [2.24, 2.45) is 5.92 Å². The molecule has 1 aliphatic rings. The highest BCUT2D eigenvalue weighted by Gasteiger charge is 2.52. The summed E-state index contributed by atoms with van der Waals surface area (Å²) in [6.07, 6.45) is 3.95. The van der Waals surface area contributed by atoms with Gasteiger partial charge in [0.05, 0.1) is 11.6 Å². The topological polar surface area (TPSA) is 51.2 Å². The minimum Gasteiger partial charge on any atom is -0.465 e. The lowest BCUT2D eigenvalue weighted by Crippen LogP contribution is -2.59. The Bertz CT molecular complexity index is 463. The summed E-state index contributed by atoms with van der Waals surface area (Å²) in [5.41, 5.74) is -0.591. The first-order valence-corrected chi connectivity index (χ1v) is 8.56. The van der Waals surface area contributed by atoms with Crippen molar-refractivity contribution in [1.29, 1.82) is 0 Å². The van der Waals surface area contributed by atoms with Crippen molar-refractivity contribution >= 4 is 17.7 Å². The molecule has 0 aliphatic heterocycles. The van der Waals surface area contributed by atoms with Crippen molar-refractivity contribution in [3.63, 3.8) is 0 Å². The number of rotatable bonds is 8. The molecular formula is C16H24N2O2S. The maximum atomic E-state index is 12.6. The second-order valence-corrected chi connectivity index (χ2v) is 6.72. The number of ether oxygens (including phenoxy) is 1. The Balaban J connectivity index is 2.15. The zero-order chi connectivity index (χ0) is 15.3. The first-order valence-electron chi connectivity index (χ1n) is 7.57. The minimum absolute atomic E-state index is 0.121. The Morgan fingerprint density at radius 2 is 2.29 bits per heavy atom. The minimum atomic E-state index is -0.591. The Hall–Kier alpha value is -1.07. The summed E-state index contributed by atoms with van der Waals surface area (Å²) in [6.45, 7) is 6.42. The average Bonchev–Trinajstić information content (AvgIpc) is 3.29. The molecule has 1 atom stereocenters. The number of carbonyl (C=O) groups excluding carboxylic acids is 1. The number of nitrogens with one attached hydrogen (secondary N) is 1. The molecule has 1 heterocycles. The summed E-state index contributed by atoms with van der Waals surface area (Å²) in [5.74, 6) is 0.908. The van der Waals surface area contributed by atoms with Crippen LogP contribution in [0.2, 0.25) is 0 Å². The first-order chi connectivity index (χ1) is 10.1. The van der Waals surface area contributed by atoms with Crippen LogP contribution in [0.4, 0.5) is 0 Å². The van der Waals surface area contributed by atoms with Gasteiger partial charge in [0.25, 0.3) is 0 Å². The lowest BCUT2D eigenvalue weighted by Gasteiger charge is -2.34. The van der Waals surface area contributed by atoms with Crippen LogP contribution in [0, 0.1) is 5.92 Å². The van der Waals surface area contributed by atoms with Gasteiger partial charge in [0.1, 0.15) is 5.54 Å². The van der Waals surface area contributed by atoms with E-state index in [1.807, 2.05) is 25.1 Å². The summed E-state index contributed by atoms with van der Waals surface area (Å²) >= 11 is 1.62. The maximum Gasteiger partial charge on any atom is 0.327 e. The number of hydrogen-bond donors (Lipinski definition) is 1. The highest BCUT2D eigenvalue weighted by Crippen LogP contribution is 2.43. The molecule has 0 amide bonds. The highest BCUT2D eigenvalue weighted by atomic mass is 32.2. The average molecular weight is 308 g/mol. The third-order valence-corrected chi connectivity index (χ3v) is 4.68. The molecule has 4 nitrogen and oxygen atoms in total. The molecule has 116 valence electrons. The van der Waals surface area contributed by atoms with Crippen molar-refractivity contribution in [2.45, 2.75) is 50.2 Å². The monoisotopic (exact) mass is 308 g/mol. The molecule has 0 radical (unpaired) electrons. The van der Waals surface area contributed by atoms with Gasteiger partial charge in [-0.05, 0) is 51.7 Å². The third-order valence-electron chi connectivity index (χ3n) is 3.55. The van der Waals surface area contributed by atoms with Gasteiger partial charge in [-0.25, -0.2) is 4.98 Å². The molecule has 1 aromatic heterocycles. The fourth-order valence-electron chi connectivity index (χ4n) is 2.53. The Labute approximate surface area is 131 Å². The second kappa shape index (κ2) is 7.27. The largest absolute Gasteiger partial charge is 0.465 e. The van der Waals surface area contributed by atoms with E-state index in [9.17, 15) is 4.79 Å². The van der Waals surface area contributed by atoms with Crippen LogP contribution in [-0.2, 0) is 9.53 Å². The van der Waals surface area contributed by atoms with E-state index in [4.69, 9.17) is 4.74 Å². The molecule has 0 aromatic carbocycles. The van der Waals surface area contributed by atoms with Crippen LogP contribution in [0.15, 0.2) is 29.4 Å². The summed E-state index contributed by atoms with van der Waals surface area (Å²) in [5, 5.41) is 4.43. The number of nitrogens with zero attached hydrogens (tertiary/aromatic N) is 1. The standard InChI is InChI=1S/C16H24N2O2S/c1-4-20-15(19)16(13-8-9-13,18-12(2)3)11-21-14-7-5-6-10-17-14/h5-7,10,12-13,18H,4,8-9,11H2,1-3H3. The molecule has 1 N–H and O–H groups in total. The molecule has 0 spiro atoms. The maximum absolute atomic E-state index is 12.6. The second-order valence-electron chi connectivity index (χ2n) is 5.72. The Morgan fingerprint density at radius 3 is 2.81 bits per heavy atom. The van der Waals surface area contributed by atoms with E-state index in [1.54, 1.807) is 18.0 Å². The van der Waals surface area contributed by atoms with E-state index in [2.05, 4.69) is 24.1 Å². The van der Waals surface area contributed by atoms with Crippen LogP contribution < -0.4 is 5.32 Å². The third kappa shape index (κ3) is 4.20. The van der Waals surface area contributed by atoms with Gasteiger partial charge >= 0.3 is 5.97 Å². The van der Waals surface area contributed by atoms with E-state index in [0.29, 0.717) is 18.3 Å². The fraction of sp³-hybridized carbons (Fsp3) is 0.625. The number of hydrogen-bond acceptors (Lipinski definition) is 5. The van der Waals surface area contributed by atoms with E-state index in [1.165, 1.54) is 0 Å². The quantitative estimate of drug-likeness (QED) is 0.591. The molecule has 1 aliphatic carbocycles. The van der Waals surface area contributed by atoms with Gasteiger partial charge in [-0.3, -0.25) is 10.1 Å². The van der Waals surface area contributed by atoms with Crippen molar-refractivity contribution in [2.75, 3.05) is 12.4 Å². The number of pyridine rings is 1. The van der Waals surface area contributed by atoms with E-state index < -0.39 is 5.54 Å². The van der Waals surface area contributed by atoms with Crippen LogP contribution in [0.5, 0.6) is 0 Å². The predicted molar refractivity (Wildman–Crippen MR) is 85.3 cm³/mol. The summed E-state index contributed by atoms with van der Waals surface area (Å²) in [4.78, 5) is 16.9. The molecule has 1 aromatic rings. The number of carbonyl (C=O) groups is 1. The van der Waals surface area contributed by atoms with Crippen LogP contribution >= 0.6 is 11.8 Å². The van der Waals surface area contributed by atoms with Gasteiger partial charge in [-0.2, -0.15) is 0 Å². The lowest BCUT2D eigenvalue weighted by molar-refractivity contribution is -0.151. The molecule has 1 saturated carbocycles. The zero-order valence-corrected chi connectivity index (χ0v) is 13.8. The van der Waals surface area contributed by atoms with Gasteiger partial charge < -0.3 is 4.74 Å². The van der Waals surface area contributed by atoms with Crippen LogP contribution in [0.3, 0.4) is 0 Å². The van der Waals surface area contributed by atoms with Crippen molar-refractivity contribution in [3.8, 4) is 0 Å². The number of aromatic nitrogens is 1. The van der Waals surface area contributed by atoms with Crippen molar-refractivity contribution < 1.29 is 9.53 Å². The van der Waals surface area contributed by atoms with Crippen LogP contribution in [0.1, 0.15) is 33.6 Å². The number of esters is 1. The predicted octanol–water partition coefficient (Wildman–Crippen LogP) is 2.88. The molecular weight excluding hydrogens is 284 g/mol. The van der Waals surface area contributed by atoms with Crippen LogP contribution in [0.25, 0.3) is 0 Å². The van der Waals surface area contributed by atoms with Gasteiger partial charge in [0, 0.05) is 18.0 Å². The first kappa shape index (κ1) is 16.3. The molecule has 1 fully saturated rings. The van der Waals surface area contributed by atoms with Gasteiger partial charge in [-0.1, -0.05) is 6.07 Å². The molecule has 2 rings (SSSR count). The molecule has 5 heteroatoms. The molecule has 0 bridgehead atoms. The van der Waals surface area contributed by atoms with Gasteiger partial charge in [-0.15, -0.1) is 11.8 Å².